The highest BCUT2D eigenvalue weighted by Crippen LogP contribution is 2.34. The van der Waals surface area contributed by atoms with Gasteiger partial charge >= 0.3 is 0 Å². The SMILES string of the molecule is CCc1cc(C#N)cc(F)c1N(C)c1cc2c(ncn2C)c(N=C(c2ccccc2)c2ccccc2)n1. The number of nitrogens with zero attached hydrogens (tertiary/aromatic N) is 6. The Hall–Kier alpha value is -4.83. The summed E-state index contributed by atoms with van der Waals surface area (Å²) in [5.41, 5.74) is 5.54. The minimum Gasteiger partial charge on any atom is -0.334 e. The Labute approximate surface area is 215 Å². The lowest BCUT2D eigenvalue weighted by atomic mass is 10.0. The van der Waals surface area contributed by atoms with Crippen LogP contribution in [-0.2, 0) is 13.5 Å². The molecule has 5 rings (SSSR count). The van der Waals surface area contributed by atoms with E-state index in [0.29, 0.717) is 34.8 Å². The number of aliphatic imine (C=N–C) groups is 1. The first kappa shape index (κ1) is 23.9. The molecule has 2 heterocycles. The molecule has 0 aliphatic carbocycles. The monoisotopic (exact) mass is 488 g/mol. The molecule has 0 radical (unpaired) electrons. The number of benzene rings is 3. The Balaban J connectivity index is 1.73. The van der Waals surface area contributed by atoms with Crippen molar-refractivity contribution in [1.82, 2.24) is 14.5 Å². The van der Waals surface area contributed by atoms with Crippen molar-refractivity contribution in [3.8, 4) is 6.07 Å². The third-order valence-electron chi connectivity index (χ3n) is 6.32. The molecule has 0 atom stereocenters. The standard InChI is InChI=1S/C30H25FN6/c1-4-21-15-20(18-32)16-24(31)29(21)37(3)26-17-25-28(33-19-36(25)2)30(34-26)35-27(22-11-7-5-8-12-22)23-13-9-6-10-14-23/h5-17,19H,4H2,1-3H3. The number of fused-ring (bicyclic) bond motifs is 1. The van der Waals surface area contributed by atoms with Gasteiger partial charge in [0, 0.05) is 31.3 Å². The van der Waals surface area contributed by atoms with Crippen molar-refractivity contribution in [3.05, 3.63) is 113 Å². The molecule has 0 N–H and O–H groups in total. The van der Waals surface area contributed by atoms with Crippen molar-refractivity contribution in [2.24, 2.45) is 12.0 Å². The number of rotatable bonds is 6. The van der Waals surface area contributed by atoms with Gasteiger partial charge in [0.2, 0.25) is 0 Å². The van der Waals surface area contributed by atoms with E-state index in [1.807, 2.05) is 91.3 Å². The number of aromatic nitrogens is 3. The van der Waals surface area contributed by atoms with Crippen LogP contribution in [-0.4, -0.2) is 27.3 Å². The van der Waals surface area contributed by atoms with Crippen LogP contribution in [0, 0.1) is 17.1 Å². The maximum absolute atomic E-state index is 15.2. The molecule has 0 unspecified atom stereocenters. The summed E-state index contributed by atoms with van der Waals surface area (Å²) in [4.78, 5) is 16.2. The molecule has 182 valence electrons. The Morgan fingerprint density at radius 3 is 2.27 bits per heavy atom. The predicted molar refractivity (Wildman–Crippen MR) is 145 cm³/mol. The van der Waals surface area contributed by atoms with Crippen molar-refractivity contribution in [2.45, 2.75) is 13.3 Å². The maximum Gasteiger partial charge on any atom is 0.183 e. The predicted octanol–water partition coefficient (Wildman–Crippen LogP) is 6.48. The van der Waals surface area contributed by atoms with E-state index < -0.39 is 5.82 Å². The van der Waals surface area contributed by atoms with E-state index >= 15 is 4.39 Å². The van der Waals surface area contributed by atoms with Crippen LogP contribution in [0.4, 0.5) is 21.7 Å². The smallest absolute Gasteiger partial charge is 0.183 e. The Morgan fingerprint density at radius 1 is 1.03 bits per heavy atom. The molecule has 0 saturated heterocycles. The van der Waals surface area contributed by atoms with Crippen LogP contribution in [0.15, 0.2) is 90.2 Å². The van der Waals surface area contributed by atoms with Crippen molar-refractivity contribution in [2.75, 3.05) is 11.9 Å². The Kier molecular flexibility index (Phi) is 6.48. The average molecular weight is 489 g/mol. The lowest BCUT2D eigenvalue weighted by Crippen LogP contribution is -2.15. The van der Waals surface area contributed by atoms with Crippen molar-refractivity contribution < 1.29 is 4.39 Å². The first-order valence-electron chi connectivity index (χ1n) is 12.0. The molecular weight excluding hydrogens is 463 g/mol. The molecule has 37 heavy (non-hydrogen) atoms. The van der Waals surface area contributed by atoms with Crippen LogP contribution in [0.3, 0.4) is 0 Å². The maximum atomic E-state index is 15.2. The Morgan fingerprint density at radius 2 is 1.68 bits per heavy atom. The van der Waals surface area contributed by atoms with Gasteiger partial charge in [-0.15, -0.1) is 0 Å². The Bertz CT molecular complexity index is 1610. The summed E-state index contributed by atoms with van der Waals surface area (Å²) in [5, 5.41) is 9.29. The molecule has 0 fully saturated rings. The first-order chi connectivity index (χ1) is 18.0. The molecule has 0 aliphatic rings. The van der Waals surface area contributed by atoms with Gasteiger partial charge in [-0.25, -0.2) is 19.4 Å². The zero-order chi connectivity index (χ0) is 25.9. The number of hydrogen-bond acceptors (Lipinski definition) is 5. The average Bonchev–Trinajstić information content (AvgIpc) is 3.32. The van der Waals surface area contributed by atoms with Gasteiger partial charge in [0.15, 0.2) is 5.82 Å². The number of nitriles is 1. The molecule has 0 amide bonds. The highest BCUT2D eigenvalue weighted by atomic mass is 19.1. The lowest BCUT2D eigenvalue weighted by Gasteiger charge is -2.23. The van der Waals surface area contributed by atoms with E-state index in [2.05, 4.69) is 4.98 Å². The van der Waals surface area contributed by atoms with Gasteiger partial charge in [-0.2, -0.15) is 5.26 Å². The number of hydrogen-bond donors (Lipinski definition) is 0. The molecule has 0 aliphatic heterocycles. The van der Waals surface area contributed by atoms with Crippen LogP contribution in [0.2, 0.25) is 0 Å². The second-order valence-electron chi connectivity index (χ2n) is 8.71. The molecule has 6 nitrogen and oxygen atoms in total. The summed E-state index contributed by atoms with van der Waals surface area (Å²) < 4.78 is 17.1. The van der Waals surface area contributed by atoms with Gasteiger partial charge in [0.05, 0.1) is 34.9 Å². The van der Waals surface area contributed by atoms with E-state index in [0.717, 1.165) is 27.9 Å². The van der Waals surface area contributed by atoms with Crippen molar-refractivity contribution in [1.29, 1.82) is 5.26 Å². The lowest BCUT2D eigenvalue weighted by molar-refractivity contribution is 0.624. The van der Waals surface area contributed by atoms with Gasteiger partial charge in [-0.05, 0) is 24.1 Å². The van der Waals surface area contributed by atoms with E-state index in [1.54, 1.807) is 24.3 Å². The fourth-order valence-corrected chi connectivity index (χ4v) is 4.42. The quantitative estimate of drug-likeness (QED) is 0.257. The fraction of sp³-hybridized carbons (Fsp3) is 0.133. The minimum atomic E-state index is -0.468. The van der Waals surface area contributed by atoms with Crippen LogP contribution >= 0.6 is 0 Å². The minimum absolute atomic E-state index is 0.294. The van der Waals surface area contributed by atoms with Crippen molar-refractivity contribution >= 4 is 34.1 Å². The largest absolute Gasteiger partial charge is 0.334 e. The summed E-state index contributed by atoms with van der Waals surface area (Å²) in [6.45, 7) is 1.94. The molecule has 7 heteroatoms. The van der Waals surface area contributed by atoms with Crippen LogP contribution < -0.4 is 4.90 Å². The van der Waals surface area contributed by atoms with Crippen LogP contribution in [0.5, 0.6) is 0 Å². The number of anilines is 2. The molecular formula is C30H25FN6. The third-order valence-corrected chi connectivity index (χ3v) is 6.32. The number of aryl methyl sites for hydroxylation is 2. The number of pyridine rings is 1. The molecule has 0 saturated carbocycles. The van der Waals surface area contributed by atoms with Gasteiger partial charge in [0.1, 0.15) is 17.2 Å². The molecule has 5 aromatic rings. The number of imidazole rings is 1. The van der Waals surface area contributed by atoms with E-state index in [1.165, 1.54) is 6.07 Å². The summed E-state index contributed by atoms with van der Waals surface area (Å²) in [6, 6.07) is 26.8. The van der Waals surface area contributed by atoms with Gasteiger partial charge in [-0.3, -0.25) is 0 Å². The number of halogens is 1. The summed E-state index contributed by atoms with van der Waals surface area (Å²) in [7, 11) is 3.68. The van der Waals surface area contributed by atoms with Gasteiger partial charge < -0.3 is 9.47 Å². The zero-order valence-corrected chi connectivity index (χ0v) is 20.9. The summed E-state index contributed by atoms with van der Waals surface area (Å²) in [5.74, 6) is 0.494. The van der Waals surface area contributed by atoms with E-state index in [4.69, 9.17) is 9.98 Å². The highest BCUT2D eigenvalue weighted by Gasteiger charge is 2.20. The summed E-state index contributed by atoms with van der Waals surface area (Å²) in [6.07, 6.45) is 2.29. The highest BCUT2D eigenvalue weighted by molar-refractivity contribution is 6.14. The van der Waals surface area contributed by atoms with Gasteiger partial charge in [0.25, 0.3) is 0 Å². The topological polar surface area (TPSA) is 70.1 Å². The second kappa shape index (κ2) is 10.0. The second-order valence-corrected chi connectivity index (χ2v) is 8.71. The zero-order valence-electron chi connectivity index (χ0n) is 20.9. The van der Waals surface area contributed by atoms with E-state index in [9.17, 15) is 5.26 Å². The molecule has 2 aromatic heterocycles. The normalized spacial score (nSPS) is 10.8. The third kappa shape index (κ3) is 4.57. The van der Waals surface area contributed by atoms with Crippen LogP contribution in [0.25, 0.3) is 11.0 Å². The fourth-order valence-electron chi connectivity index (χ4n) is 4.42. The van der Waals surface area contributed by atoms with E-state index in [-0.39, 0.29) is 0 Å². The first-order valence-corrected chi connectivity index (χ1v) is 12.0. The summed E-state index contributed by atoms with van der Waals surface area (Å²) >= 11 is 0. The molecule has 0 bridgehead atoms. The molecule has 0 spiro atoms. The van der Waals surface area contributed by atoms with Gasteiger partial charge in [-0.1, -0.05) is 67.6 Å². The van der Waals surface area contributed by atoms with Crippen molar-refractivity contribution in [3.63, 3.8) is 0 Å². The van der Waals surface area contributed by atoms with Crippen LogP contribution in [0.1, 0.15) is 29.2 Å². The molecule has 3 aromatic carbocycles.